The van der Waals surface area contributed by atoms with Gasteiger partial charge in [-0.1, -0.05) is 82.6 Å². The Bertz CT molecular complexity index is 1070. The van der Waals surface area contributed by atoms with E-state index in [0.717, 1.165) is 19.3 Å². The van der Waals surface area contributed by atoms with E-state index in [2.05, 4.69) is 6.92 Å². The van der Waals surface area contributed by atoms with Crippen molar-refractivity contribution in [2.75, 3.05) is 52.0 Å². The van der Waals surface area contributed by atoms with Gasteiger partial charge in [0.2, 0.25) is 0 Å². The second-order valence-electron chi connectivity index (χ2n) is 10.7. The van der Waals surface area contributed by atoms with Crippen molar-refractivity contribution in [1.82, 2.24) is 0 Å². The van der Waals surface area contributed by atoms with E-state index < -0.39 is 21.5 Å². The molecule has 43 heavy (non-hydrogen) atoms. The fourth-order valence-corrected chi connectivity index (χ4v) is 5.24. The molecule has 0 N–H and O–H groups in total. The second kappa shape index (κ2) is 21.2. The first-order valence-electron chi connectivity index (χ1n) is 15.3. The molecular formula is C32H47NaO9S. The molecule has 11 heteroatoms. The number of ether oxygens (including phenoxy) is 6. The van der Waals surface area contributed by atoms with Gasteiger partial charge in [-0.05, 0) is 37.1 Å². The Morgan fingerprint density at radius 1 is 0.698 bits per heavy atom. The second-order valence-corrected chi connectivity index (χ2v) is 12.2. The predicted molar refractivity (Wildman–Crippen MR) is 161 cm³/mol. The van der Waals surface area contributed by atoms with E-state index in [1.807, 2.05) is 48.5 Å². The van der Waals surface area contributed by atoms with Gasteiger partial charge < -0.3 is 33.0 Å². The van der Waals surface area contributed by atoms with Crippen LogP contribution >= 0.6 is 0 Å². The summed E-state index contributed by atoms with van der Waals surface area (Å²) in [5.41, 5.74) is -0.907. The van der Waals surface area contributed by atoms with Crippen molar-refractivity contribution in [1.29, 1.82) is 0 Å². The topological polar surface area (TPSA) is 113 Å². The van der Waals surface area contributed by atoms with Crippen molar-refractivity contribution in [3.05, 3.63) is 48.5 Å². The average Bonchev–Trinajstić information content (AvgIpc) is 2.98. The largest absolute Gasteiger partial charge is 1.00 e. The molecule has 9 nitrogen and oxygen atoms in total. The van der Waals surface area contributed by atoms with Gasteiger partial charge >= 0.3 is 29.6 Å². The molecule has 1 aliphatic heterocycles. The van der Waals surface area contributed by atoms with Crippen LogP contribution in [0.15, 0.2) is 48.5 Å². The molecule has 2 aromatic rings. The van der Waals surface area contributed by atoms with Crippen LogP contribution in [0.4, 0.5) is 0 Å². The van der Waals surface area contributed by atoms with Gasteiger partial charge in [0.15, 0.2) is 23.0 Å². The number of unbranched alkanes of at least 4 members (excludes halogenated alkanes) is 7. The summed E-state index contributed by atoms with van der Waals surface area (Å²) < 4.78 is 70.3. The molecule has 0 atom stereocenters. The first-order valence-corrected chi connectivity index (χ1v) is 16.8. The molecule has 0 aromatic heterocycles. The Morgan fingerprint density at radius 3 is 1.65 bits per heavy atom. The Labute approximate surface area is 280 Å². The van der Waals surface area contributed by atoms with Crippen LogP contribution in [-0.4, -0.2) is 70.6 Å². The zero-order chi connectivity index (χ0) is 29.9. The quantitative estimate of drug-likeness (QED) is 0.177. The minimum absolute atomic E-state index is 0. The van der Waals surface area contributed by atoms with E-state index in [-0.39, 0.29) is 55.8 Å². The third-order valence-electron chi connectivity index (χ3n) is 7.08. The summed E-state index contributed by atoms with van der Waals surface area (Å²) >= 11 is 0. The Hall–Kier alpha value is -1.53. The Kier molecular flexibility index (Phi) is 18.6. The van der Waals surface area contributed by atoms with Gasteiger partial charge in [-0.3, -0.25) is 0 Å². The third-order valence-corrected chi connectivity index (χ3v) is 7.87. The van der Waals surface area contributed by atoms with Crippen LogP contribution in [0.1, 0.15) is 71.1 Å². The van der Waals surface area contributed by atoms with Crippen LogP contribution in [-0.2, 0) is 19.6 Å². The summed E-state index contributed by atoms with van der Waals surface area (Å²) in [6.45, 7) is 4.08. The van der Waals surface area contributed by atoms with E-state index in [1.54, 1.807) is 0 Å². The van der Waals surface area contributed by atoms with E-state index in [9.17, 15) is 13.0 Å². The maximum atomic E-state index is 11.2. The van der Waals surface area contributed by atoms with Crippen molar-refractivity contribution in [2.24, 2.45) is 0 Å². The molecule has 2 aromatic carbocycles. The first-order chi connectivity index (χ1) is 20.4. The number of hydrogen-bond donors (Lipinski definition) is 0. The maximum Gasteiger partial charge on any atom is 1.00 e. The van der Waals surface area contributed by atoms with Gasteiger partial charge in [0.1, 0.15) is 32.0 Å². The van der Waals surface area contributed by atoms with Gasteiger partial charge in [-0.2, -0.15) is 0 Å². The van der Waals surface area contributed by atoms with Crippen LogP contribution in [0, 0.1) is 0 Å². The molecule has 0 unspecified atom stereocenters. The van der Waals surface area contributed by atoms with Crippen LogP contribution < -0.4 is 48.5 Å². The number of para-hydroxylation sites is 4. The van der Waals surface area contributed by atoms with Crippen molar-refractivity contribution in [3.8, 4) is 23.0 Å². The van der Waals surface area contributed by atoms with Gasteiger partial charge in [-0.15, -0.1) is 0 Å². The number of rotatable bonds is 14. The van der Waals surface area contributed by atoms with Gasteiger partial charge in [-0.25, -0.2) is 8.42 Å². The normalized spacial score (nSPS) is 15.8. The van der Waals surface area contributed by atoms with E-state index >= 15 is 0 Å². The van der Waals surface area contributed by atoms with Crippen LogP contribution in [0.2, 0.25) is 0 Å². The standard InChI is InChI=1S/C32H48O9S.Na/c1-2-3-4-5-6-7-8-13-19-32(41-20-14-25-42(33,34)35)26-39-30-17-11-9-15-28(30)37-23-21-36-22-24-38-29-16-10-12-18-31(29)40-27-32;/h9-12,15-18H,2-8,13-14,19-27H2,1H3,(H,33,34,35);/q;+1/p-1. The van der Waals surface area contributed by atoms with E-state index in [0.29, 0.717) is 55.8 Å². The van der Waals surface area contributed by atoms with Gasteiger partial charge in [0, 0.05) is 12.4 Å². The molecule has 0 aliphatic carbocycles. The molecule has 236 valence electrons. The minimum Gasteiger partial charge on any atom is -0.748 e. The van der Waals surface area contributed by atoms with Crippen molar-refractivity contribution in [2.45, 2.75) is 76.7 Å². The Balaban J connectivity index is 0.00000645. The third kappa shape index (κ3) is 15.3. The van der Waals surface area contributed by atoms with Crippen LogP contribution in [0.25, 0.3) is 0 Å². The molecule has 1 heterocycles. The fraction of sp³-hybridized carbons (Fsp3) is 0.625. The molecule has 0 saturated carbocycles. The van der Waals surface area contributed by atoms with Gasteiger partial charge in [0.25, 0.3) is 0 Å². The van der Waals surface area contributed by atoms with E-state index in [1.165, 1.54) is 32.1 Å². The van der Waals surface area contributed by atoms with Crippen LogP contribution in [0.3, 0.4) is 0 Å². The van der Waals surface area contributed by atoms with Crippen molar-refractivity contribution < 1.29 is 70.9 Å². The maximum absolute atomic E-state index is 11.2. The fourth-order valence-electron chi connectivity index (χ4n) is 4.77. The van der Waals surface area contributed by atoms with Crippen molar-refractivity contribution >= 4 is 10.1 Å². The molecule has 0 bridgehead atoms. The number of fused-ring (bicyclic) bond motifs is 2. The first kappa shape index (κ1) is 37.7. The zero-order valence-electron chi connectivity index (χ0n) is 25.9. The molecule has 0 fully saturated rings. The molecule has 3 rings (SSSR count). The molecule has 0 spiro atoms. The molecular weight excluding hydrogens is 583 g/mol. The smallest absolute Gasteiger partial charge is 0.748 e. The molecule has 1 aliphatic rings. The summed E-state index contributed by atoms with van der Waals surface area (Å²) in [7, 11) is -4.34. The van der Waals surface area contributed by atoms with E-state index in [4.69, 9.17) is 28.4 Å². The Morgan fingerprint density at radius 2 is 1.16 bits per heavy atom. The molecule has 0 radical (unpaired) electrons. The molecule has 0 saturated heterocycles. The summed E-state index contributed by atoms with van der Waals surface area (Å²) in [4.78, 5) is 0. The average molecular weight is 631 g/mol. The summed E-state index contributed by atoms with van der Waals surface area (Å²) in [5, 5.41) is 0. The number of benzene rings is 2. The zero-order valence-corrected chi connectivity index (χ0v) is 28.7. The van der Waals surface area contributed by atoms with Gasteiger partial charge in [0.05, 0.1) is 23.3 Å². The summed E-state index contributed by atoms with van der Waals surface area (Å²) in [6, 6.07) is 14.9. The van der Waals surface area contributed by atoms with Crippen molar-refractivity contribution in [3.63, 3.8) is 0 Å². The summed E-state index contributed by atoms with van der Waals surface area (Å²) in [5.74, 6) is 1.83. The summed E-state index contributed by atoms with van der Waals surface area (Å²) in [6.07, 6.45) is 9.97. The monoisotopic (exact) mass is 630 g/mol. The molecule has 0 amide bonds. The number of hydrogen-bond acceptors (Lipinski definition) is 9. The van der Waals surface area contributed by atoms with Crippen LogP contribution in [0.5, 0.6) is 23.0 Å². The minimum atomic E-state index is -4.34. The SMILES string of the molecule is CCCCCCCCCCC1(OCCCS(=O)(=O)[O-])COc2ccccc2OCCOCCOc2ccccc2OC1.[Na+]. The predicted octanol–water partition coefficient (Wildman–Crippen LogP) is 3.16.